The van der Waals surface area contributed by atoms with Gasteiger partial charge in [-0.2, -0.15) is 0 Å². The van der Waals surface area contributed by atoms with Crippen molar-refractivity contribution in [3.8, 4) is 0 Å². The van der Waals surface area contributed by atoms with Crippen molar-refractivity contribution in [3.63, 3.8) is 0 Å². The average molecular weight is 287 g/mol. The Balaban J connectivity index is 0.00000324. The molecule has 0 atom stereocenters. The molecule has 0 aliphatic carbocycles. The number of nitrogen functional groups attached to an aromatic ring is 1. The molecule has 0 aliphatic rings. The molecule has 1 aromatic carbocycles. The summed E-state index contributed by atoms with van der Waals surface area (Å²) in [4.78, 5) is 15.8. The highest BCUT2D eigenvalue weighted by Crippen LogP contribution is 2.22. The molecule has 0 heterocycles. The number of carbonyl (C=O) groups is 1. The first-order valence-corrected chi connectivity index (χ1v) is 5.91. The van der Waals surface area contributed by atoms with E-state index in [1.807, 2.05) is 44.1 Å². The maximum atomic E-state index is 11.9. The van der Waals surface area contributed by atoms with E-state index >= 15 is 0 Å². The number of rotatable bonds is 5. The van der Waals surface area contributed by atoms with E-state index < -0.39 is 0 Å². The molecule has 0 saturated heterocycles. The quantitative estimate of drug-likeness (QED) is 0.794. The molecule has 0 saturated carbocycles. The first-order chi connectivity index (χ1) is 8.41. The van der Waals surface area contributed by atoms with Crippen molar-refractivity contribution < 1.29 is 4.79 Å². The molecule has 3 N–H and O–H groups in total. The minimum Gasteiger partial charge on any atom is -0.397 e. The monoisotopic (exact) mass is 286 g/mol. The number of nitrogens with two attached hydrogens (primary N) is 1. The molecule has 19 heavy (non-hydrogen) atoms. The van der Waals surface area contributed by atoms with Crippen molar-refractivity contribution in [2.24, 2.45) is 0 Å². The zero-order valence-electron chi connectivity index (χ0n) is 11.9. The molecule has 0 aliphatic heterocycles. The number of halogens is 1. The molecule has 5 nitrogen and oxygen atoms in total. The Morgan fingerprint density at radius 3 is 2.37 bits per heavy atom. The number of hydrogen-bond acceptors (Lipinski definition) is 4. The Morgan fingerprint density at radius 2 is 1.89 bits per heavy atom. The van der Waals surface area contributed by atoms with Gasteiger partial charge in [0.2, 0.25) is 0 Å². The Kier molecular flexibility index (Phi) is 7.26. The van der Waals surface area contributed by atoms with E-state index in [0.717, 1.165) is 12.2 Å². The zero-order valence-corrected chi connectivity index (χ0v) is 12.8. The van der Waals surface area contributed by atoms with Crippen molar-refractivity contribution in [1.29, 1.82) is 0 Å². The normalized spacial score (nSPS) is 9.95. The van der Waals surface area contributed by atoms with Gasteiger partial charge in [0.1, 0.15) is 0 Å². The van der Waals surface area contributed by atoms with E-state index in [9.17, 15) is 4.79 Å². The molecule has 0 fully saturated rings. The summed E-state index contributed by atoms with van der Waals surface area (Å²) in [6, 6.07) is 5.35. The van der Waals surface area contributed by atoms with Gasteiger partial charge >= 0.3 is 0 Å². The fourth-order valence-corrected chi connectivity index (χ4v) is 1.60. The molecule has 0 radical (unpaired) electrons. The second kappa shape index (κ2) is 7.86. The van der Waals surface area contributed by atoms with Crippen LogP contribution in [0.1, 0.15) is 10.4 Å². The SMILES string of the molecule is CN(C)CCNC(=O)c1ccc(N(C)C)c(N)c1.Cl. The Hall–Kier alpha value is -1.46. The largest absolute Gasteiger partial charge is 0.397 e. The fraction of sp³-hybridized carbons (Fsp3) is 0.462. The lowest BCUT2D eigenvalue weighted by Gasteiger charge is -2.16. The van der Waals surface area contributed by atoms with Crippen molar-refractivity contribution in [3.05, 3.63) is 23.8 Å². The molecule has 0 spiro atoms. The number of hydrogen-bond donors (Lipinski definition) is 2. The standard InChI is InChI=1S/C13H22N4O.ClH/c1-16(2)8-7-15-13(18)10-5-6-12(17(3)4)11(14)9-10;/h5-6,9H,7-8,14H2,1-4H3,(H,15,18);1H. The van der Waals surface area contributed by atoms with E-state index in [2.05, 4.69) is 5.32 Å². The minimum atomic E-state index is -0.0890. The van der Waals surface area contributed by atoms with Gasteiger partial charge in [-0.05, 0) is 32.3 Å². The van der Waals surface area contributed by atoms with Gasteiger partial charge in [0, 0.05) is 32.7 Å². The van der Waals surface area contributed by atoms with E-state index in [0.29, 0.717) is 17.8 Å². The number of anilines is 2. The van der Waals surface area contributed by atoms with Crippen LogP contribution < -0.4 is 16.0 Å². The molecular weight excluding hydrogens is 264 g/mol. The maximum absolute atomic E-state index is 11.9. The summed E-state index contributed by atoms with van der Waals surface area (Å²) in [5.41, 5.74) is 8.03. The van der Waals surface area contributed by atoms with Gasteiger partial charge in [-0.15, -0.1) is 12.4 Å². The predicted molar refractivity (Wildman–Crippen MR) is 83.3 cm³/mol. The van der Waals surface area contributed by atoms with Crippen LogP contribution in [0.15, 0.2) is 18.2 Å². The van der Waals surface area contributed by atoms with Crippen molar-refractivity contribution in [1.82, 2.24) is 10.2 Å². The first-order valence-electron chi connectivity index (χ1n) is 5.91. The number of amides is 1. The van der Waals surface area contributed by atoms with E-state index in [1.165, 1.54) is 0 Å². The summed E-state index contributed by atoms with van der Waals surface area (Å²) in [6.45, 7) is 1.44. The third-order valence-electron chi connectivity index (χ3n) is 2.62. The van der Waals surface area contributed by atoms with Crippen LogP contribution in [0, 0.1) is 0 Å². The summed E-state index contributed by atoms with van der Waals surface area (Å²) in [7, 11) is 7.77. The van der Waals surface area contributed by atoms with E-state index in [-0.39, 0.29) is 18.3 Å². The second-order valence-electron chi connectivity index (χ2n) is 4.73. The number of nitrogens with zero attached hydrogens (tertiary/aromatic N) is 2. The molecule has 0 unspecified atom stereocenters. The van der Waals surface area contributed by atoms with Gasteiger partial charge in [-0.3, -0.25) is 4.79 Å². The number of likely N-dealkylation sites (N-methyl/N-ethyl adjacent to an activating group) is 1. The highest BCUT2D eigenvalue weighted by Gasteiger charge is 2.08. The van der Waals surface area contributed by atoms with Gasteiger partial charge in [0.25, 0.3) is 5.91 Å². The summed E-state index contributed by atoms with van der Waals surface area (Å²) in [6.07, 6.45) is 0. The first kappa shape index (κ1) is 17.5. The van der Waals surface area contributed by atoms with Gasteiger partial charge in [-0.25, -0.2) is 0 Å². The van der Waals surface area contributed by atoms with Crippen LogP contribution in [0.3, 0.4) is 0 Å². The molecule has 1 amide bonds. The van der Waals surface area contributed by atoms with Crippen LogP contribution in [0.25, 0.3) is 0 Å². The Labute approximate surface area is 121 Å². The number of nitrogens with one attached hydrogen (secondary N) is 1. The highest BCUT2D eigenvalue weighted by molar-refractivity contribution is 5.96. The van der Waals surface area contributed by atoms with Crippen LogP contribution in [-0.4, -0.2) is 52.1 Å². The molecule has 0 aromatic heterocycles. The van der Waals surface area contributed by atoms with Crippen LogP contribution in [-0.2, 0) is 0 Å². The predicted octanol–water partition coefficient (Wildman–Crippen LogP) is 1.05. The average Bonchev–Trinajstić information content (AvgIpc) is 2.27. The van der Waals surface area contributed by atoms with Gasteiger partial charge in [-0.1, -0.05) is 0 Å². The fourth-order valence-electron chi connectivity index (χ4n) is 1.60. The lowest BCUT2D eigenvalue weighted by molar-refractivity contribution is 0.0951. The van der Waals surface area contributed by atoms with E-state index in [4.69, 9.17) is 5.73 Å². The summed E-state index contributed by atoms with van der Waals surface area (Å²) in [5, 5.41) is 2.86. The summed E-state index contributed by atoms with van der Waals surface area (Å²) >= 11 is 0. The molecule has 1 rings (SSSR count). The molecule has 6 heteroatoms. The molecule has 1 aromatic rings. The Bertz CT molecular complexity index is 421. The van der Waals surface area contributed by atoms with Crippen LogP contribution in [0.4, 0.5) is 11.4 Å². The van der Waals surface area contributed by atoms with Gasteiger partial charge in [0.15, 0.2) is 0 Å². The van der Waals surface area contributed by atoms with Gasteiger partial charge < -0.3 is 20.9 Å². The molecular formula is C13H23ClN4O. The van der Waals surface area contributed by atoms with Crippen molar-refractivity contribution in [2.45, 2.75) is 0 Å². The molecule has 0 bridgehead atoms. The van der Waals surface area contributed by atoms with Crippen LogP contribution in [0.5, 0.6) is 0 Å². The van der Waals surface area contributed by atoms with Crippen molar-refractivity contribution in [2.75, 3.05) is 51.9 Å². The smallest absolute Gasteiger partial charge is 0.251 e. The van der Waals surface area contributed by atoms with Crippen LogP contribution in [0.2, 0.25) is 0 Å². The topological polar surface area (TPSA) is 61.6 Å². The zero-order chi connectivity index (χ0) is 13.7. The lowest BCUT2D eigenvalue weighted by atomic mass is 10.1. The minimum absolute atomic E-state index is 0. The summed E-state index contributed by atoms with van der Waals surface area (Å²) in [5.74, 6) is -0.0890. The maximum Gasteiger partial charge on any atom is 0.251 e. The Morgan fingerprint density at radius 1 is 1.26 bits per heavy atom. The number of carbonyl (C=O) groups excluding carboxylic acids is 1. The third-order valence-corrected chi connectivity index (χ3v) is 2.62. The lowest BCUT2D eigenvalue weighted by Crippen LogP contribution is -2.31. The highest BCUT2D eigenvalue weighted by atomic mass is 35.5. The summed E-state index contributed by atoms with van der Waals surface area (Å²) < 4.78 is 0. The van der Waals surface area contributed by atoms with Crippen molar-refractivity contribution >= 4 is 29.7 Å². The number of benzene rings is 1. The van der Waals surface area contributed by atoms with E-state index in [1.54, 1.807) is 12.1 Å². The molecule has 108 valence electrons. The van der Waals surface area contributed by atoms with Crippen LogP contribution >= 0.6 is 12.4 Å². The van der Waals surface area contributed by atoms with Gasteiger partial charge in [0.05, 0.1) is 11.4 Å². The third kappa shape index (κ3) is 5.36. The second-order valence-corrected chi connectivity index (χ2v) is 4.73.